The van der Waals surface area contributed by atoms with Crippen LogP contribution < -0.4 is 5.32 Å². The standard InChI is InChI=1S/C15H18FN3/c1-3-7-17-10-13-6-8-18-15(19-13)14-5-4-12(16)9-11(14)2/h4-6,8-9,17H,3,7,10H2,1-2H3. The molecule has 0 aliphatic carbocycles. The van der Waals surface area contributed by atoms with Crippen LogP contribution in [0.4, 0.5) is 4.39 Å². The molecule has 0 amide bonds. The van der Waals surface area contributed by atoms with E-state index in [1.54, 1.807) is 12.3 Å². The maximum Gasteiger partial charge on any atom is 0.159 e. The van der Waals surface area contributed by atoms with Crippen LogP contribution in [0.1, 0.15) is 24.6 Å². The van der Waals surface area contributed by atoms with Gasteiger partial charge in [0.05, 0.1) is 5.69 Å². The van der Waals surface area contributed by atoms with Crippen LogP contribution in [0.25, 0.3) is 11.4 Å². The largest absolute Gasteiger partial charge is 0.311 e. The van der Waals surface area contributed by atoms with E-state index in [-0.39, 0.29) is 5.82 Å². The first-order chi connectivity index (χ1) is 9.20. The molecule has 1 N–H and O–H groups in total. The fraction of sp³-hybridized carbons (Fsp3) is 0.333. The summed E-state index contributed by atoms with van der Waals surface area (Å²) in [5.41, 5.74) is 2.67. The molecule has 0 aliphatic rings. The molecule has 1 heterocycles. The molecule has 0 bridgehead atoms. The molecule has 0 unspecified atom stereocenters. The Kier molecular flexibility index (Phi) is 4.58. The maximum atomic E-state index is 13.1. The van der Waals surface area contributed by atoms with Crippen LogP contribution in [0.15, 0.2) is 30.5 Å². The van der Waals surface area contributed by atoms with Gasteiger partial charge in [0.2, 0.25) is 0 Å². The van der Waals surface area contributed by atoms with Gasteiger partial charge in [0.25, 0.3) is 0 Å². The third-order valence-electron chi connectivity index (χ3n) is 2.88. The highest BCUT2D eigenvalue weighted by atomic mass is 19.1. The Hall–Kier alpha value is -1.81. The molecule has 0 saturated heterocycles. The van der Waals surface area contributed by atoms with E-state index in [4.69, 9.17) is 0 Å². The van der Waals surface area contributed by atoms with E-state index in [0.29, 0.717) is 5.82 Å². The minimum atomic E-state index is -0.234. The van der Waals surface area contributed by atoms with E-state index in [1.165, 1.54) is 12.1 Å². The van der Waals surface area contributed by atoms with Crippen molar-refractivity contribution in [2.24, 2.45) is 0 Å². The molecule has 0 fully saturated rings. The van der Waals surface area contributed by atoms with Crippen molar-refractivity contribution in [3.63, 3.8) is 0 Å². The summed E-state index contributed by atoms with van der Waals surface area (Å²) >= 11 is 0. The van der Waals surface area contributed by atoms with Gasteiger partial charge in [-0.3, -0.25) is 0 Å². The van der Waals surface area contributed by atoms with Crippen molar-refractivity contribution in [1.29, 1.82) is 0 Å². The lowest BCUT2D eigenvalue weighted by atomic mass is 10.1. The summed E-state index contributed by atoms with van der Waals surface area (Å²) in [6.45, 7) is 5.68. The minimum absolute atomic E-state index is 0.234. The fourth-order valence-corrected chi connectivity index (χ4v) is 1.90. The molecule has 0 radical (unpaired) electrons. The molecule has 0 spiro atoms. The van der Waals surface area contributed by atoms with Crippen LogP contribution in [0.3, 0.4) is 0 Å². The Labute approximate surface area is 112 Å². The molecule has 2 aromatic rings. The third-order valence-corrected chi connectivity index (χ3v) is 2.88. The molecule has 0 aliphatic heterocycles. The van der Waals surface area contributed by atoms with E-state index in [9.17, 15) is 4.39 Å². The Bertz CT molecular complexity index is 555. The summed E-state index contributed by atoms with van der Waals surface area (Å²) in [5, 5.41) is 3.30. The summed E-state index contributed by atoms with van der Waals surface area (Å²) in [6, 6.07) is 6.56. The van der Waals surface area contributed by atoms with E-state index in [0.717, 1.165) is 36.3 Å². The van der Waals surface area contributed by atoms with Gasteiger partial charge < -0.3 is 5.32 Å². The number of rotatable bonds is 5. The first kappa shape index (κ1) is 13.6. The second-order valence-electron chi connectivity index (χ2n) is 4.51. The van der Waals surface area contributed by atoms with Crippen molar-refractivity contribution >= 4 is 0 Å². The van der Waals surface area contributed by atoms with Gasteiger partial charge in [0.1, 0.15) is 5.82 Å². The molecule has 4 heteroatoms. The van der Waals surface area contributed by atoms with Gasteiger partial charge in [0, 0.05) is 18.3 Å². The quantitative estimate of drug-likeness (QED) is 0.838. The second kappa shape index (κ2) is 6.38. The highest BCUT2D eigenvalue weighted by Gasteiger charge is 2.06. The van der Waals surface area contributed by atoms with E-state index >= 15 is 0 Å². The van der Waals surface area contributed by atoms with Crippen molar-refractivity contribution in [2.75, 3.05) is 6.54 Å². The van der Waals surface area contributed by atoms with Gasteiger partial charge in [0.15, 0.2) is 5.82 Å². The summed E-state index contributed by atoms with van der Waals surface area (Å²) in [4.78, 5) is 8.78. The van der Waals surface area contributed by atoms with E-state index in [1.807, 2.05) is 13.0 Å². The summed E-state index contributed by atoms with van der Waals surface area (Å²) in [7, 11) is 0. The van der Waals surface area contributed by atoms with Crippen molar-refractivity contribution in [2.45, 2.75) is 26.8 Å². The Morgan fingerprint density at radius 1 is 1.26 bits per heavy atom. The number of halogens is 1. The fourth-order valence-electron chi connectivity index (χ4n) is 1.90. The number of nitrogens with one attached hydrogen (secondary N) is 1. The predicted molar refractivity (Wildman–Crippen MR) is 74.2 cm³/mol. The second-order valence-corrected chi connectivity index (χ2v) is 4.51. The van der Waals surface area contributed by atoms with Gasteiger partial charge in [-0.2, -0.15) is 0 Å². The molecule has 100 valence electrons. The molecule has 2 rings (SSSR count). The van der Waals surface area contributed by atoms with Gasteiger partial charge in [-0.25, -0.2) is 14.4 Å². The van der Waals surface area contributed by atoms with Crippen LogP contribution in [0.2, 0.25) is 0 Å². The number of aryl methyl sites for hydroxylation is 1. The third kappa shape index (κ3) is 3.58. The van der Waals surface area contributed by atoms with Crippen molar-refractivity contribution in [3.8, 4) is 11.4 Å². The van der Waals surface area contributed by atoms with Crippen molar-refractivity contribution < 1.29 is 4.39 Å². The zero-order valence-corrected chi connectivity index (χ0v) is 11.3. The average Bonchev–Trinajstić information content (AvgIpc) is 2.39. The Morgan fingerprint density at radius 2 is 2.11 bits per heavy atom. The van der Waals surface area contributed by atoms with Crippen LogP contribution in [-0.2, 0) is 6.54 Å². The zero-order chi connectivity index (χ0) is 13.7. The molecule has 1 aromatic carbocycles. The lowest BCUT2D eigenvalue weighted by Gasteiger charge is -2.07. The molecular formula is C15H18FN3. The number of hydrogen-bond acceptors (Lipinski definition) is 3. The molecule has 0 atom stereocenters. The summed E-state index contributed by atoms with van der Waals surface area (Å²) in [5.74, 6) is 0.412. The molecule has 0 saturated carbocycles. The van der Waals surface area contributed by atoms with Crippen LogP contribution >= 0.6 is 0 Å². The maximum absolute atomic E-state index is 13.1. The highest BCUT2D eigenvalue weighted by molar-refractivity contribution is 5.59. The molecule has 3 nitrogen and oxygen atoms in total. The molecule has 1 aromatic heterocycles. The topological polar surface area (TPSA) is 37.8 Å². The first-order valence-corrected chi connectivity index (χ1v) is 6.50. The highest BCUT2D eigenvalue weighted by Crippen LogP contribution is 2.20. The van der Waals surface area contributed by atoms with Gasteiger partial charge in [-0.05, 0) is 49.7 Å². The number of nitrogens with zero attached hydrogens (tertiary/aromatic N) is 2. The number of hydrogen-bond donors (Lipinski definition) is 1. The Balaban J connectivity index is 2.22. The summed E-state index contributed by atoms with van der Waals surface area (Å²) in [6.07, 6.45) is 2.84. The predicted octanol–water partition coefficient (Wildman–Crippen LogP) is 3.09. The van der Waals surface area contributed by atoms with E-state index in [2.05, 4.69) is 22.2 Å². The van der Waals surface area contributed by atoms with Gasteiger partial charge in [-0.15, -0.1) is 0 Å². The van der Waals surface area contributed by atoms with Gasteiger partial charge >= 0.3 is 0 Å². The molecule has 19 heavy (non-hydrogen) atoms. The van der Waals surface area contributed by atoms with Crippen LogP contribution in [0, 0.1) is 12.7 Å². The minimum Gasteiger partial charge on any atom is -0.311 e. The normalized spacial score (nSPS) is 10.7. The smallest absolute Gasteiger partial charge is 0.159 e. The van der Waals surface area contributed by atoms with Crippen molar-refractivity contribution in [3.05, 3.63) is 47.5 Å². The van der Waals surface area contributed by atoms with E-state index < -0.39 is 0 Å². The zero-order valence-electron chi connectivity index (χ0n) is 11.3. The number of aromatic nitrogens is 2. The van der Waals surface area contributed by atoms with Crippen molar-refractivity contribution in [1.82, 2.24) is 15.3 Å². The molecular weight excluding hydrogens is 241 g/mol. The summed E-state index contributed by atoms with van der Waals surface area (Å²) < 4.78 is 13.1. The first-order valence-electron chi connectivity index (χ1n) is 6.50. The average molecular weight is 259 g/mol. The van der Waals surface area contributed by atoms with Gasteiger partial charge in [-0.1, -0.05) is 6.92 Å². The lowest BCUT2D eigenvalue weighted by Crippen LogP contribution is -2.15. The monoisotopic (exact) mass is 259 g/mol. The van der Waals surface area contributed by atoms with Crippen LogP contribution in [0.5, 0.6) is 0 Å². The SMILES string of the molecule is CCCNCc1ccnc(-c2ccc(F)cc2C)n1. The Morgan fingerprint density at radius 3 is 2.84 bits per heavy atom. The van der Waals surface area contributed by atoms with Crippen LogP contribution in [-0.4, -0.2) is 16.5 Å². The number of benzene rings is 1. The lowest BCUT2D eigenvalue weighted by molar-refractivity contribution is 0.627.